The van der Waals surface area contributed by atoms with Crippen LogP contribution in [0, 0.1) is 0 Å². The molecule has 0 saturated heterocycles. The molecule has 0 radical (unpaired) electrons. The zero-order valence-electron chi connectivity index (χ0n) is 10.4. The first-order valence-electron chi connectivity index (χ1n) is 5.46. The van der Waals surface area contributed by atoms with Crippen LogP contribution >= 0.6 is 11.3 Å². The molecule has 0 atom stereocenters. The van der Waals surface area contributed by atoms with Crippen molar-refractivity contribution in [1.82, 2.24) is 9.88 Å². The van der Waals surface area contributed by atoms with Crippen molar-refractivity contribution in [2.24, 2.45) is 5.73 Å². The second kappa shape index (κ2) is 5.57. The standard InChI is InChI=1S/C11H19N3O2S/c1-11(2,16)7-14(3)10(15)8-6-17-9(13-8)4-5-12/h6,16H,4-5,7,12H2,1-3H3. The Balaban J connectivity index is 2.68. The molecule has 0 fully saturated rings. The molecule has 1 aromatic heterocycles. The number of thiazole rings is 1. The highest BCUT2D eigenvalue weighted by molar-refractivity contribution is 7.09. The first-order chi connectivity index (χ1) is 7.83. The lowest BCUT2D eigenvalue weighted by Crippen LogP contribution is -2.39. The van der Waals surface area contributed by atoms with E-state index in [1.165, 1.54) is 16.2 Å². The molecule has 17 heavy (non-hydrogen) atoms. The van der Waals surface area contributed by atoms with Gasteiger partial charge in [-0.2, -0.15) is 0 Å². The number of likely N-dealkylation sites (N-methyl/N-ethyl adjacent to an activating group) is 1. The van der Waals surface area contributed by atoms with Gasteiger partial charge in [0.25, 0.3) is 5.91 Å². The minimum absolute atomic E-state index is 0.174. The summed E-state index contributed by atoms with van der Waals surface area (Å²) in [5.41, 5.74) is 4.95. The van der Waals surface area contributed by atoms with Crippen LogP contribution in [0.5, 0.6) is 0 Å². The van der Waals surface area contributed by atoms with E-state index in [4.69, 9.17) is 5.73 Å². The minimum atomic E-state index is -0.902. The van der Waals surface area contributed by atoms with Crippen molar-refractivity contribution in [2.75, 3.05) is 20.1 Å². The third-order valence-electron chi connectivity index (χ3n) is 2.10. The molecule has 0 aliphatic carbocycles. The van der Waals surface area contributed by atoms with Gasteiger partial charge in [0.05, 0.1) is 10.6 Å². The molecule has 0 spiro atoms. The molecule has 6 heteroatoms. The zero-order valence-corrected chi connectivity index (χ0v) is 11.3. The van der Waals surface area contributed by atoms with Crippen molar-refractivity contribution in [2.45, 2.75) is 25.9 Å². The van der Waals surface area contributed by atoms with Gasteiger partial charge in [-0.15, -0.1) is 11.3 Å². The van der Waals surface area contributed by atoms with Gasteiger partial charge >= 0.3 is 0 Å². The smallest absolute Gasteiger partial charge is 0.273 e. The van der Waals surface area contributed by atoms with Gasteiger partial charge in [0.1, 0.15) is 5.69 Å². The van der Waals surface area contributed by atoms with Crippen molar-refractivity contribution in [3.8, 4) is 0 Å². The van der Waals surface area contributed by atoms with Crippen LogP contribution in [0.3, 0.4) is 0 Å². The molecule has 0 aromatic carbocycles. The summed E-state index contributed by atoms with van der Waals surface area (Å²) in [5.74, 6) is -0.174. The number of carbonyl (C=O) groups excluding carboxylic acids is 1. The average Bonchev–Trinajstić information content (AvgIpc) is 2.63. The monoisotopic (exact) mass is 257 g/mol. The number of amides is 1. The van der Waals surface area contributed by atoms with Crippen molar-refractivity contribution in [3.05, 3.63) is 16.1 Å². The molecule has 1 amide bonds. The predicted molar refractivity (Wildman–Crippen MR) is 68.1 cm³/mol. The summed E-state index contributed by atoms with van der Waals surface area (Å²) in [6.07, 6.45) is 0.688. The molecule has 0 bridgehead atoms. The van der Waals surface area contributed by atoms with Crippen LogP contribution in [0.25, 0.3) is 0 Å². The number of nitrogens with zero attached hydrogens (tertiary/aromatic N) is 2. The molecule has 3 N–H and O–H groups in total. The van der Waals surface area contributed by atoms with Gasteiger partial charge in [-0.3, -0.25) is 4.79 Å². The first-order valence-corrected chi connectivity index (χ1v) is 6.34. The van der Waals surface area contributed by atoms with Crippen molar-refractivity contribution in [1.29, 1.82) is 0 Å². The van der Waals surface area contributed by atoms with E-state index >= 15 is 0 Å². The minimum Gasteiger partial charge on any atom is -0.389 e. The fourth-order valence-electron chi connectivity index (χ4n) is 1.50. The Morgan fingerprint density at radius 1 is 1.65 bits per heavy atom. The lowest BCUT2D eigenvalue weighted by Gasteiger charge is -2.24. The lowest BCUT2D eigenvalue weighted by molar-refractivity contribution is 0.0365. The van der Waals surface area contributed by atoms with E-state index in [9.17, 15) is 9.90 Å². The Morgan fingerprint density at radius 2 is 2.29 bits per heavy atom. The molecule has 0 saturated carbocycles. The maximum atomic E-state index is 12.0. The highest BCUT2D eigenvalue weighted by Gasteiger charge is 2.21. The van der Waals surface area contributed by atoms with Crippen LogP contribution in [0.15, 0.2) is 5.38 Å². The summed E-state index contributed by atoms with van der Waals surface area (Å²) in [6.45, 7) is 4.13. The summed E-state index contributed by atoms with van der Waals surface area (Å²) in [7, 11) is 1.66. The van der Waals surface area contributed by atoms with Gasteiger partial charge in [0, 0.05) is 25.4 Å². The summed E-state index contributed by atoms with van der Waals surface area (Å²) >= 11 is 1.44. The van der Waals surface area contributed by atoms with Crippen LogP contribution in [-0.4, -0.2) is 46.6 Å². The molecule has 96 valence electrons. The second-order valence-corrected chi connectivity index (χ2v) is 5.58. The predicted octanol–water partition coefficient (Wildman–Crippen LogP) is 0.487. The van der Waals surface area contributed by atoms with Crippen molar-refractivity contribution < 1.29 is 9.90 Å². The normalized spacial score (nSPS) is 11.6. The maximum absolute atomic E-state index is 12.0. The highest BCUT2D eigenvalue weighted by atomic mass is 32.1. The molecule has 1 rings (SSSR count). The Hall–Kier alpha value is -0.980. The number of hydrogen-bond donors (Lipinski definition) is 2. The molecular formula is C11H19N3O2S. The van der Waals surface area contributed by atoms with Gasteiger partial charge in [0.15, 0.2) is 0 Å². The van der Waals surface area contributed by atoms with Crippen LogP contribution in [0.2, 0.25) is 0 Å². The van der Waals surface area contributed by atoms with Crippen LogP contribution < -0.4 is 5.73 Å². The number of carbonyl (C=O) groups is 1. The van der Waals surface area contributed by atoms with Gasteiger partial charge in [-0.1, -0.05) is 0 Å². The largest absolute Gasteiger partial charge is 0.389 e. The topological polar surface area (TPSA) is 79.5 Å². The maximum Gasteiger partial charge on any atom is 0.273 e. The first kappa shape index (κ1) is 14.1. The van der Waals surface area contributed by atoms with Crippen LogP contribution in [-0.2, 0) is 6.42 Å². The lowest BCUT2D eigenvalue weighted by atomic mass is 10.1. The number of nitrogens with two attached hydrogens (primary N) is 1. The van der Waals surface area contributed by atoms with Crippen molar-refractivity contribution in [3.63, 3.8) is 0 Å². The van der Waals surface area contributed by atoms with Gasteiger partial charge in [0.2, 0.25) is 0 Å². The zero-order chi connectivity index (χ0) is 13.1. The molecule has 5 nitrogen and oxygen atoms in total. The van der Waals surface area contributed by atoms with E-state index in [2.05, 4.69) is 4.98 Å². The van der Waals surface area contributed by atoms with Gasteiger partial charge < -0.3 is 15.7 Å². The third-order valence-corrected chi connectivity index (χ3v) is 3.01. The Morgan fingerprint density at radius 3 is 2.82 bits per heavy atom. The Bertz CT molecular complexity index is 384. The fourth-order valence-corrected chi connectivity index (χ4v) is 2.28. The Kier molecular flexibility index (Phi) is 4.62. The summed E-state index contributed by atoms with van der Waals surface area (Å²) < 4.78 is 0. The molecule has 1 aromatic rings. The number of aromatic nitrogens is 1. The van der Waals surface area contributed by atoms with E-state index in [0.717, 1.165) is 5.01 Å². The SMILES string of the molecule is CN(CC(C)(C)O)C(=O)c1csc(CCN)n1. The third kappa shape index (κ3) is 4.41. The van der Waals surface area contributed by atoms with E-state index in [0.29, 0.717) is 18.7 Å². The van der Waals surface area contributed by atoms with E-state index < -0.39 is 5.60 Å². The van der Waals surface area contributed by atoms with Crippen LogP contribution in [0.4, 0.5) is 0 Å². The molecule has 1 heterocycles. The second-order valence-electron chi connectivity index (χ2n) is 4.64. The van der Waals surface area contributed by atoms with Crippen LogP contribution in [0.1, 0.15) is 29.3 Å². The molecule has 0 aliphatic rings. The summed E-state index contributed by atoms with van der Waals surface area (Å²) in [6, 6.07) is 0. The van der Waals surface area contributed by atoms with Gasteiger partial charge in [-0.25, -0.2) is 4.98 Å². The fraction of sp³-hybridized carbons (Fsp3) is 0.636. The van der Waals surface area contributed by atoms with E-state index in [1.54, 1.807) is 26.3 Å². The summed E-state index contributed by atoms with van der Waals surface area (Å²) in [4.78, 5) is 17.7. The number of rotatable bonds is 5. The van der Waals surface area contributed by atoms with E-state index in [-0.39, 0.29) is 12.5 Å². The molecular weight excluding hydrogens is 238 g/mol. The molecule has 0 unspecified atom stereocenters. The van der Waals surface area contributed by atoms with Crippen molar-refractivity contribution >= 4 is 17.2 Å². The quantitative estimate of drug-likeness (QED) is 0.804. The summed E-state index contributed by atoms with van der Waals surface area (Å²) in [5, 5.41) is 12.2. The van der Waals surface area contributed by atoms with Gasteiger partial charge in [-0.05, 0) is 20.4 Å². The average molecular weight is 257 g/mol. The Labute approximate surface area is 105 Å². The number of hydrogen-bond acceptors (Lipinski definition) is 5. The molecule has 0 aliphatic heterocycles. The number of aliphatic hydroxyl groups is 1. The highest BCUT2D eigenvalue weighted by Crippen LogP contribution is 2.13. The van der Waals surface area contributed by atoms with E-state index in [1.807, 2.05) is 0 Å².